The van der Waals surface area contributed by atoms with Gasteiger partial charge in [-0.05, 0) is 31.1 Å². The molecule has 7 atom stereocenters. The Kier molecular flexibility index (Phi) is 23.6. The van der Waals surface area contributed by atoms with Crippen molar-refractivity contribution in [2.75, 3.05) is 38.5 Å². The van der Waals surface area contributed by atoms with Crippen LogP contribution in [0.2, 0.25) is 0 Å². The molecule has 0 aromatic carbocycles. The minimum Gasteiger partial charge on any atom is -0.481 e. The van der Waals surface area contributed by atoms with E-state index in [0.29, 0.717) is 6.42 Å². The molecule has 0 aromatic rings. The average Bonchev–Trinajstić information content (AvgIpc) is 3.71. The van der Waals surface area contributed by atoms with Gasteiger partial charge in [-0.25, -0.2) is 4.79 Å². The van der Waals surface area contributed by atoms with Gasteiger partial charge in [-0.2, -0.15) is 12.6 Å². The Labute approximate surface area is 366 Å². The summed E-state index contributed by atoms with van der Waals surface area (Å²) in [5, 5.41) is 55.3. The normalized spacial score (nSPS) is 16.2. The Morgan fingerprint density at radius 1 is 0.651 bits per heavy atom. The maximum atomic E-state index is 13.2. The molecule has 0 aliphatic carbocycles. The number of amides is 9. The molecule has 9 amide bonds. The first-order valence-electron chi connectivity index (χ1n) is 19.7. The predicted octanol–water partition coefficient (Wildman–Crippen LogP) is -6.26. The number of carboxylic acid groups (broad SMARTS) is 3. The van der Waals surface area contributed by atoms with E-state index in [1.807, 2.05) is 10.6 Å². The minimum absolute atomic E-state index is 0.111. The van der Waals surface area contributed by atoms with Gasteiger partial charge in [0, 0.05) is 18.7 Å². The van der Waals surface area contributed by atoms with E-state index in [4.69, 9.17) is 10.8 Å². The molecule has 14 N–H and O–H groups in total. The summed E-state index contributed by atoms with van der Waals surface area (Å²) in [6.07, 6.45) is -1.36. The average molecular weight is 919 g/mol. The van der Waals surface area contributed by atoms with E-state index in [-0.39, 0.29) is 18.7 Å². The van der Waals surface area contributed by atoms with Crippen molar-refractivity contribution in [2.45, 2.75) is 102 Å². The van der Waals surface area contributed by atoms with Crippen LogP contribution < -0.4 is 48.3 Å². The molecule has 1 aliphatic heterocycles. The molecule has 26 nitrogen and oxygen atoms in total. The van der Waals surface area contributed by atoms with Gasteiger partial charge in [0.2, 0.25) is 53.2 Å². The first kappa shape index (κ1) is 54.9. The fourth-order valence-electron chi connectivity index (χ4n) is 5.79. The molecular formula is C36H58N10O16S. The quantitative estimate of drug-likeness (QED) is 0.0341. The van der Waals surface area contributed by atoms with Crippen LogP contribution in [0.1, 0.15) is 59.8 Å². The molecule has 0 aromatic heterocycles. The molecule has 0 radical (unpaired) electrons. The summed E-state index contributed by atoms with van der Waals surface area (Å²) >= 11 is 3.87. The van der Waals surface area contributed by atoms with Crippen LogP contribution in [0.4, 0.5) is 0 Å². The molecule has 63 heavy (non-hydrogen) atoms. The van der Waals surface area contributed by atoms with Crippen molar-refractivity contribution in [3.63, 3.8) is 0 Å². The lowest BCUT2D eigenvalue weighted by atomic mass is 10.00. The molecule has 354 valence electrons. The lowest BCUT2D eigenvalue weighted by Crippen LogP contribution is -2.58. The smallest absolute Gasteiger partial charge is 0.326 e. The van der Waals surface area contributed by atoms with Crippen LogP contribution in [-0.2, 0) is 57.5 Å². The number of hydrogen-bond donors (Lipinski definition) is 14. The number of carbonyl (C=O) groups excluding carboxylic acids is 9. The summed E-state index contributed by atoms with van der Waals surface area (Å²) in [4.78, 5) is 150. The molecular weight excluding hydrogens is 861 g/mol. The van der Waals surface area contributed by atoms with Gasteiger partial charge in [-0.15, -0.1) is 0 Å². The Morgan fingerprint density at radius 3 is 1.75 bits per heavy atom. The minimum atomic E-state index is -1.88. The summed E-state index contributed by atoms with van der Waals surface area (Å²) in [5.41, 5.74) is 5.57. The number of likely N-dealkylation sites (tertiary alicyclic amines) is 1. The van der Waals surface area contributed by atoms with Crippen molar-refractivity contribution in [1.82, 2.24) is 47.4 Å². The van der Waals surface area contributed by atoms with E-state index in [1.165, 1.54) is 4.90 Å². The number of thiol groups is 1. The largest absolute Gasteiger partial charge is 0.481 e. The Hall–Kier alpha value is -6.09. The molecule has 1 saturated heterocycles. The number of nitrogens with zero attached hydrogens (tertiary/aromatic N) is 1. The third-order valence-electron chi connectivity index (χ3n) is 9.30. The van der Waals surface area contributed by atoms with E-state index in [9.17, 15) is 72.9 Å². The zero-order valence-electron chi connectivity index (χ0n) is 35.1. The third-order valence-corrected chi connectivity index (χ3v) is 9.69. The van der Waals surface area contributed by atoms with Crippen LogP contribution >= 0.6 is 12.6 Å². The molecule has 0 saturated carbocycles. The van der Waals surface area contributed by atoms with Gasteiger partial charge >= 0.3 is 17.9 Å². The number of aliphatic hydroxyl groups is 1. The van der Waals surface area contributed by atoms with E-state index < -0.39 is 171 Å². The van der Waals surface area contributed by atoms with Crippen molar-refractivity contribution in [3.05, 3.63) is 0 Å². The number of carbonyl (C=O) groups is 12. The van der Waals surface area contributed by atoms with Crippen LogP contribution in [0.3, 0.4) is 0 Å². The summed E-state index contributed by atoms with van der Waals surface area (Å²) in [7, 11) is 0. The standard InChI is InChI=1S/C36H58N10O16S/c1-16(2)28(35(60)45-29(17(3)4)36(61)62)44-34(59)22-6-5-9-46(22)25(50)13-38-23(48)11-39-32(57)21(14-47)43-33(58)20(10-27(53)54)41-24(49)12-40-31(56)19(7-8-26(51)52)42-30(55)18(37)15-63/h16-22,28-29,47,63H,5-15,37H2,1-4H3,(H,38,48)(H,39,57)(H,40,56)(H,41,49)(H,42,55)(H,43,58)(H,44,59)(H,45,60)(H,51,52)(H,53,54)(H,61,62)/t18-,19-,20-,21-,22-,28-,29-/m0/s1. The molecule has 1 fully saturated rings. The summed E-state index contributed by atoms with van der Waals surface area (Å²) in [5.74, 6) is -13.6. The van der Waals surface area contributed by atoms with Crippen LogP contribution in [0.15, 0.2) is 0 Å². The van der Waals surface area contributed by atoms with Crippen molar-refractivity contribution in [2.24, 2.45) is 17.6 Å². The highest BCUT2D eigenvalue weighted by Gasteiger charge is 2.38. The molecule has 27 heteroatoms. The lowest BCUT2D eigenvalue weighted by molar-refractivity contribution is -0.144. The van der Waals surface area contributed by atoms with Crippen molar-refractivity contribution >= 4 is 83.7 Å². The number of nitrogens with two attached hydrogens (primary N) is 1. The third kappa shape index (κ3) is 19.2. The van der Waals surface area contributed by atoms with Crippen LogP contribution in [0.25, 0.3) is 0 Å². The van der Waals surface area contributed by atoms with E-state index >= 15 is 0 Å². The monoisotopic (exact) mass is 918 g/mol. The highest BCUT2D eigenvalue weighted by Crippen LogP contribution is 2.18. The Morgan fingerprint density at radius 2 is 1.22 bits per heavy atom. The maximum absolute atomic E-state index is 13.2. The van der Waals surface area contributed by atoms with Crippen LogP contribution in [0.5, 0.6) is 0 Å². The van der Waals surface area contributed by atoms with Gasteiger partial charge in [0.1, 0.15) is 36.3 Å². The zero-order valence-corrected chi connectivity index (χ0v) is 36.0. The molecule has 0 bridgehead atoms. The first-order chi connectivity index (χ1) is 29.4. The number of nitrogens with one attached hydrogen (secondary N) is 8. The second-order valence-corrected chi connectivity index (χ2v) is 15.4. The number of aliphatic carboxylic acids is 3. The Balaban J connectivity index is 2.79. The van der Waals surface area contributed by atoms with Gasteiger partial charge in [0.25, 0.3) is 0 Å². The van der Waals surface area contributed by atoms with Crippen LogP contribution in [-0.4, -0.2) is 177 Å². The molecule has 1 heterocycles. The summed E-state index contributed by atoms with van der Waals surface area (Å²) < 4.78 is 0. The zero-order chi connectivity index (χ0) is 48.1. The Bertz CT molecular complexity index is 1720. The van der Waals surface area contributed by atoms with Gasteiger partial charge in [0.05, 0.1) is 38.7 Å². The van der Waals surface area contributed by atoms with Crippen molar-refractivity contribution < 1.29 is 78.0 Å². The van der Waals surface area contributed by atoms with Crippen molar-refractivity contribution in [3.8, 4) is 0 Å². The second-order valence-electron chi connectivity index (χ2n) is 15.0. The lowest BCUT2D eigenvalue weighted by Gasteiger charge is -2.29. The SMILES string of the molecule is CC(C)[C@H](NC(=O)[C@@H](NC(=O)[C@@H]1CCCN1C(=O)CNC(=O)CNC(=O)[C@H](CO)NC(=O)[C@H](CC(=O)O)NC(=O)CNC(=O)[C@H](CCC(=O)O)NC(=O)[C@@H](N)CS)C(C)C)C(=O)O. The van der Waals surface area contributed by atoms with Gasteiger partial charge < -0.3 is 73.6 Å². The van der Waals surface area contributed by atoms with E-state index in [0.717, 1.165) is 0 Å². The highest BCUT2D eigenvalue weighted by molar-refractivity contribution is 7.80. The molecule has 0 unspecified atom stereocenters. The summed E-state index contributed by atoms with van der Waals surface area (Å²) in [6, 6.07) is -9.62. The van der Waals surface area contributed by atoms with Gasteiger partial charge in [-0.1, -0.05) is 27.7 Å². The molecule has 0 spiro atoms. The maximum Gasteiger partial charge on any atom is 0.326 e. The predicted molar refractivity (Wildman–Crippen MR) is 219 cm³/mol. The number of hydrogen-bond acceptors (Lipinski definition) is 15. The molecule has 1 rings (SSSR count). The van der Waals surface area contributed by atoms with Crippen molar-refractivity contribution in [1.29, 1.82) is 0 Å². The van der Waals surface area contributed by atoms with E-state index in [1.54, 1.807) is 27.7 Å². The number of carboxylic acids is 3. The fraction of sp³-hybridized carbons (Fsp3) is 0.667. The second kappa shape index (κ2) is 27.1. The fourth-order valence-corrected chi connectivity index (χ4v) is 5.96. The topological polar surface area (TPSA) is 411 Å². The van der Waals surface area contributed by atoms with Gasteiger partial charge in [-0.3, -0.25) is 52.7 Å². The van der Waals surface area contributed by atoms with Gasteiger partial charge in [0.15, 0.2) is 0 Å². The molecule has 1 aliphatic rings. The van der Waals surface area contributed by atoms with Crippen LogP contribution in [0, 0.1) is 11.8 Å². The highest BCUT2D eigenvalue weighted by atomic mass is 32.1. The first-order valence-corrected chi connectivity index (χ1v) is 20.3. The number of aliphatic hydroxyl groups excluding tert-OH is 1. The van der Waals surface area contributed by atoms with E-state index in [2.05, 4.69) is 44.5 Å². The summed E-state index contributed by atoms with van der Waals surface area (Å²) in [6.45, 7) is 3.25. The number of rotatable bonds is 27.